The second-order valence-electron chi connectivity index (χ2n) is 10.5. The van der Waals surface area contributed by atoms with Crippen LogP contribution in [0.1, 0.15) is 50.4 Å². The summed E-state index contributed by atoms with van der Waals surface area (Å²) in [5.41, 5.74) is 7.36. The number of hydrogen-bond acceptors (Lipinski definition) is 9. The molecule has 2 N–H and O–H groups in total. The van der Waals surface area contributed by atoms with Crippen molar-refractivity contribution in [1.82, 2.24) is 20.0 Å². The van der Waals surface area contributed by atoms with E-state index in [0.29, 0.717) is 68.3 Å². The Kier molecular flexibility index (Phi) is 8.55. The molecule has 2 saturated heterocycles. The van der Waals surface area contributed by atoms with Crippen LogP contribution in [0.3, 0.4) is 0 Å². The summed E-state index contributed by atoms with van der Waals surface area (Å²) < 4.78 is 44.6. The number of benzene rings is 1. The van der Waals surface area contributed by atoms with Crippen LogP contribution in [0.5, 0.6) is 0 Å². The Balaban J connectivity index is 1.11. The number of nitrogens with zero attached hydrogens (tertiary/aromatic N) is 5. The van der Waals surface area contributed by atoms with Crippen molar-refractivity contribution in [2.45, 2.75) is 63.9 Å². The fourth-order valence-corrected chi connectivity index (χ4v) is 5.18. The molecule has 2 aliphatic heterocycles. The maximum absolute atomic E-state index is 14.3. The van der Waals surface area contributed by atoms with E-state index in [1.54, 1.807) is 11.1 Å². The predicted molar refractivity (Wildman–Crippen MR) is 142 cm³/mol. The van der Waals surface area contributed by atoms with Gasteiger partial charge in [0.15, 0.2) is 5.82 Å². The van der Waals surface area contributed by atoms with E-state index in [9.17, 15) is 13.6 Å². The largest absolute Gasteiger partial charge is 0.447 e. The van der Waals surface area contributed by atoms with Crippen LogP contribution in [0.15, 0.2) is 41.1 Å². The molecule has 12 heteroatoms. The fourth-order valence-electron chi connectivity index (χ4n) is 5.18. The molecule has 0 bridgehead atoms. The van der Waals surface area contributed by atoms with Crippen LogP contribution >= 0.6 is 0 Å². The molecule has 4 heterocycles. The van der Waals surface area contributed by atoms with Gasteiger partial charge in [0, 0.05) is 44.3 Å². The number of nitrogens with two attached hydrogens (primary N) is 1. The van der Waals surface area contributed by atoms with Crippen LogP contribution in [0.25, 0.3) is 11.5 Å². The van der Waals surface area contributed by atoms with Crippen molar-refractivity contribution in [1.29, 1.82) is 0 Å². The van der Waals surface area contributed by atoms with E-state index in [2.05, 4.69) is 15.1 Å². The summed E-state index contributed by atoms with van der Waals surface area (Å²) in [5, 5.41) is 4.02. The first kappa shape index (κ1) is 27.9. The number of carbonyl (C=O) groups is 1. The first-order chi connectivity index (χ1) is 19.3. The normalized spacial score (nSPS) is 20.2. The van der Waals surface area contributed by atoms with E-state index in [1.807, 2.05) is 30.9 Å². The summed E-state index contributed by atoms with van der Waals surface area (Å²) in [5.74, 6) is 0.323. The molecular weight excluding hydrogens is 522 g/mol. The highest BCUT2D eigenvalue weighted by Gasteiger charge is 2.31. The zero-order chi connectivity index (χ0) is 28.2. The van der Waals surface area contributed by atoms with Crippen molar-refractivity contribution < 1.29 is 27.6 Å². The number of ether oxygens (including phenoxy) is 2. The van der Waals surface area contributed by atoms with Gasteiger partial charge in [0.25, 0.3) is 5.89 Å². The minimum absolute atomic E-state index is 0.00100. The molecule has 2 fully saturated rings. The predicted octanol–water partition coefficient (Wildman–Crippen LogP) is 4.26. The Bertz CT molecular complexity index is 1300. The second kappa shape index (κ2) is 12.3. The minimum atomic E-state index is -0.467. The number of rotatable bonds is 7. The van der Waals surface area contributed by atoms with Gasteiger partial charge >= 0.3 is 6.09 Å². The smallest absolute Gasteiger partial charge is 0.410 e. The molecule has 2 aliphatic rings. The van der Waals surface area contributed by atoms with E-state index in [0.717, 1.165) is 18.0 Å². The Morgan fingerprint density at radius 1 is 1.15 bits per heavy atom. The number of piperidine rings is 2. The number of anilines is 1. The van der Waals surface area contributed by atoms with Gasteiger partial charge in [-0.3, -0.25) is 0 Å². The Morgan fingerprint density at radius 3 is 2.65 bits per heavy atom. The van der Waals surface area contributed by atoms with E-state index >= 15 is 0 Å². The Morgan fingerprint density at radius 2 is 1.95 bits per heavy atom. The quantitative estimate of drug-likeness (QED) is 0.455. The van der Waals surface area contributed by atoms with Gasteiger partial charge in [-0.05, 0) is 69.0 Å². The van der Waals surface area contributed by atoms with E-state index in [4.69, 9.17) is 19.7 Å². The molecule has 1 amide bonds. The molecule has 10 nitrogen and oxygen atoms in total. The Hall–Kier alpha value is -3.64. The average molecular weight is 557 g/mol. The van der Waals surface area contributed by atoms with Crippen molar-refractivity contribution in [3.05, 3.63) is 59.6 Å². The van der Waals surface area contributed by atoms with Crippen LogP contribution in [-0.4, -0.2) is 70.5 Å². The number of aromatic nitrogens is 3. The summed E-state index contributed by atoms with van der Waals surface area (Å²) in [6.07, 6.45) is 3.23. The lowest BCUT2D eigenvalue weighted by Gasteiger charge is -2.37. The van der Waals surface area contributed by atoms with Crippen LogP contribution in [0.2, 0.25) is 0 Å². The van der Waals surface area contributed by atoms with Crippen LogP contribution < -0.4 is 10.6 Å². The van der Waals surface area contributed by atoms with E-state index < -0.39 is 11.6 Å². The summed E-state index contributed by atoms with van der Waals surface area (Å²) >= 11 is 0. The van der Waals surface area contributed by atoms with Gasteiger partial charge in [-0.15, -0.1) is 0 Å². The van der Waals surface area contributed by atoms with Crippen LogP contribution in [0.4, 0.5) is 19.4 Å². The standard InChI is InChI=1S/C28H34F2N6O4/c1-17(2)39-28(37)35-10-7-20(8-11-35)38-16-25-33-27(40-34-25)18-3-6-26(32-14-18)36-12-9-21(24(31)15-36)22-13-19(29)4-5-23(22)30/h3-6,13-14,17,20-21,24H,7-12,15-16,31H2,1-2H3/t21?,24-/m0/s1. The molecule has 2 atom stereocenters. The molecule has 0 aliphatic carbocycles. The van der Waals surface area contributed by atoms with Crippen molar-refractivity contribution >= 4 is 11.9 Å². The van der Waals surface area contributed by atoms with Crippen LogP contribution in [0, 0.1) is 11.6 Å². The highest BCUT2D eigenvalue weighted by molar-refractivity contribution is 5.67. The van der Waals surface area contributed by atoms with Gasteiger partial charge in [-0.2, -0.15) is 4.98 Å². The molecular formula is C28H34F2N6O4. The lowest BCUT2D eigenvalue weighted by Crippen LogP contribution is -2.48. The monoisotopic (exact) mass is 556 g/mol. The summed E-state index contributed by atoms with van der Waals surface area (Å²) in [4.78, 5) is 24.7. The molecule has 1 unspecified atom stereocenters. The van der Waals surface area contributed by atoms with Gasteiger partial charge in [0.2, 0.25) is 0 Å². The lowest BCUT2D eigenvalue weighted by molar-refractivity contribution is -0.00899. The van der Waals surface area contributed by atoms with Crippen molar-refractivity contribution in [3.8, 4) is 11.5 Å². The zero-order valence-corrected chi connectivity index (χ0v) is 22.6. The van der Waals surface area contributed by atoms with E-state index in [-0.39, 0.29) is 36.9 Å². The van der Waals surface area contributed by atoms with Gasteiger partial charge in [-0.25, -0.2) is 18.6 Å². The SMILES string of the molecule is CC(C)OC(=O)N1CCC(OCc2noc(-c3ccc(N4CCC(c5cc(F)ccc5F)[C@@H](N)C4)nc3)n2)CC1. The number of pyridine rings is 1. The van der Waals surface area contributed by atoms with Gasteiger partial charge in [-0.1, -0.05) is 5.16 Å². The third-order valence-electron chi connectivity index (χ3n) is 7.29. The summed E-state index contributed by atoms with van der Waals surface area (Å²) in [6, 6.07) is 6.83. The first-order valence-corrected chi connectivity index (χ1v) is 13.6. The highest BCUT2D eigenvalue weighted by atomic mass is 19.1. The second-order valence-corrected chi connectivity index (χ2v) is 10.5. The van der Waals surface area contributed by atoms with Gasteiger partial charge in [0.1, 0.15) is 24.1 Å². The third kappa shape index (κ3) is 6.56. The molecule has 1 aromatic carbocycles. The zero-order valence-electron chi connectivity index (χ0n) is 22.6. The molecule has 40 heavy (non-hydrogen) atoms. The van der Waals surface area contributed by atoms with Crippen molar-refractivity contribution in [2.24, 2.45) is 5.73 Å². The number of amides is 1. The minimum Gasteiger partial charge on any atom is -0.447 e. The molecule has 214 valence electrons. The maximum atomic E-state index is 14.3. The summed E-state index contributed by atoms with van der Waals surface area (Å²) in [6.45, 7) is 6.10. The van der Waals surface area contributed by atoms with Crippen molar-refractivity contribution in [3.63, 3.8) is 0 Å². The highest BCUT2D eigenvalue weighted by Crippen LogP contribution is 2.32. The molecule has 0 spiro atoms. The number of carbonyl (C=O) groups excluding carboxylic acids is 1. The number of hydrogen-bond donors (Lipinski definition) is 1. The van der Waals surface area contributed by atoms with Gasteiger partial charge in [0.05, 0.1) is 17.8 Å². The van der Waals surface area contributed by atoms with E-state index in [1.165, 1.54) is 6.07 Å². The van der Waals surface area contributed by atoms with Gasteiger partial charge < -0.3 is 29.5 Å². The molecule has 0 saturated carbocycles. The average Bonchev–Trinajstić information content (AvgIpc) is 3.42. The molecule has 3 aromatic rings. The molecule has 0 radical (unpaired) electrons. The number of halogens is 2. The lowest BCUT2D eigenvalue weighted by atomic mass is 9.85. The molecule has 2 aromatic heterocycles. The van der Waals surface area contributed by atoms with Crippen molar-refractivity contribution in [2.75, 3.05) is 31.1 Å². The summed E-state index contributed by atoms with van der Waals surface area (Å²) in [7, 11) is 0. The number of likely N-dealkylation sites (tertiary alicyclic amines) is 1. The fraction of sp³-hybridized carbons (Fsp3) is 0.500. The topological polar surface area (TPSA) is 120 Å². The molecule has 5 rings (SSSR count). The first-order valence-electron chi connectivity index (χ1n) is 13.6. The van der Waals surface area contributed by atoms with Crippen LogP contribution in [-0.2, 0) is 16.1 Å². The maximum Gasteiger partial charge on any atom is 0.410 e. The Labute approximate surface area is 231 Å². The third-order valence-corrected chi connectivity index (χ3v) is 7.29.